The summed E-state index contributed by atoms with van der Waals surface area (Å²) in [7, 11) is -3.51. The molecule has 162 valence electrons. The van der Waals surface area contributed by atoms with Crippen LogP contribution in [-0.4, -0.2) is 44.0 Å². The van der Waals surface area contributed by atoms with Crippen molar-refractivity contribution in [3.63, 3.8) is 0 Å². The molecule has 0 bridgehead atoms. The number of piperidine rings is 1. The van der Waals surface area contributed by atoms with E-state index in [-0.39, 0.29) is 17.9 Å². The molecule has 0 aliphatic carbocycles. The van der Waals surface area contributed by atoms with Gasteiger partial charge in [0.05, 0.1) is 4.90 Å². The maximum atomic E-state index is 12.9. The molecule has 1 heterocycles. The number of amides is 1. The molecule has 0 radical (unpaired) electrons. The molecule has 1 fully saturated rings. The molecule has 30 heavy (non-hydrogen) atoms. The first-order valence-corrected chi connectivity index (χ1v) is 13.0. The first-order valence-electron chi connectivity index (χ1n) is 10.4. The predicted molar refractivity (Wildman–Crippen MR) is 122 cm³/mol. The second-order valence-electron chi connectivity index (χ2n) is 7.79. The number of benzene rings is 2. The lowest BCUT2D eigenvalue weighted by Crippen LogP contribution is -2.44. The molecule has 2 aromatic rings. The van der Waals surface area contributed by atoms with E-state index in [4.69, 9.17) is 0 Å². The van der Waals surface area contributed by atoms with Gasteiger partial charge in [0.25, 0.3) is 0 Å². The van der Waals surface area contributed by atoms with E-state index in [0.717, 1.165) is 17.7 Å². The van der Waals surface area contributed by atoms with Crippen LogP contribution in [-0.2, 0) is 21.2 Å². The summed E-state index contributed by atoms with van der Waals surface area (Å²) in [6.07, 6.45) is 4.88. The zero-order chi connectivity index (χ0) is 21.6. The summed E-state index contributed by atoms with van der Waals surface area (Å²) in [5.74, 6) is -0.0913. The molecule has 0 saturated carbocycles. The van der Waals surface area contributed by atoms with Crippen LogP contribution in [0.1, 0.15) is 31.7 Å². The molecule has 3 rings (SSSR count). The van der Waals surface area contributed by atoms with Gasteiger partial charge in [0, 0.05) is 29.9 Å². The summed E-state index contributed by atoms with van der Waals surface area (Å²) in [6.45, 7) is 2.78. The third kappa shape index (κ3) is 5.86. The summed E-state index contributed by atoms with van der Waals surface area (Å²) in [5.41, 5.74) is 1.27. The summed E-state index contributed by atoms with van der Waals surface area (Å²) < 4.78 is 27.3. The van der Waals surface area contributed by atoms with Crippen molar-refractivity contribution in [1.82, 2.24) is 9.62 Å². The average Bonchev–Trinajstić information content (AvgIpc) is 2.78. The van der Waals surface area contributed by atoms with E-state index in [1.54, 1.807) is 23.9 Å². The number of sulfonamides is 1. The number of hydrogen-bond acceptors (Lipinski definition) is 4. The van der Waals surface area contributed by atoms with Crippen LogP contribution in [0.4, 0.5) is 0 Å². The number of rotatable bonds is 8. The highest BCUT2D eigenvalue weighted by Crippen LogP contribution is 2.25. The zero-order valence-corrected chi connectivity index (χ0v) is 19.2. The highest BCUT2D eigenvalue weighted by atomic mass is 32.2. The van der Waals surface area contributed by atoms with E-state index < -0.39 is 10.0 Å². The third-order valence-corrected chi connectivity index (χ3v) is 8.28. The Balaban J connectivity index is 1.48. The summed E-state index contributed by atoms with van der Waals surface area (Å²) in [5, 5.41) is 3.11. The van der Waals surface area contributed by atoms with E-state index >= 15 is 0 Å². The summed E-state index contributed by atoms with van der Waals surface area (Å²) in [4.78, 5) is 14.0. The van der Waals surface area contributed by atoms with Crippen LogP contribution < -0.4 is 5.32 Å². The quantitative estimate of drug-likeness (QED) is 0.624. The number of aryl methyl sites for hydroxylation is 1. The van der Waals surface area contributed by atoms with Gasteiger partial charge >= 0.3 is 0 Å². The second kappa shape index (κ2) is 10.5. The van der Waals surface area contributed by atoms with Gasteiger partial charge in [0.15, 0.2) is 0 Å². The predicted octanol–water partition coefficient (Wildman–Crippen LogP) is 3.95. The number of carbonyl (C=O) groups is 1. The van der Waals surface area contributed by atoms with Crippen LogP contribution >= 0.6 is 11.8 Å². The Kier molecular flexibility index (Phi) is 7.97. The van der Waals surface area contributed by atoms with Gasteiger partial charge in [-0.2, -0.15) is 4.31 Å². The Labute approximate surface area is 184 Å². The topological polar surface area (TPSA) is 66.5 Å². The fraction of sp³-hybridized carbons (Fsp3) is 0.435. The van der Waals surface area contributed by atoms with Crippen LogP contribution in [0.3, 0.4) is 0 Å². The third-order valence-electron chi connectivity index (χ3n) is 5.62. The minimum Gasteiger partial charge on any atom is -0.353 e. The van der Waals surface area contributed by atoms with Crippen molar-refractivity contribution < 1.29 is 13.2 Å². The van der Waals surface area contributed by atoms with Crippen molar-refractivity contribution in [3.05, 3.63) is 60.2 Å². The van der Waals surface area contributed by atoms with Crippen LogP contribution in [0.5, 0.6) is 0 Å². The van der Waals surface area contributed by atoms with Crippen LogP contribution in [0.25, 0.3) is 0 Å². The Bertz CT molecular complexity index is 923. The molecule has 2 aromatic carbocycles. The zero-order valence-electron chi connectivity index (χ0n) is 17.6. The largest absolute Gasteiger partial charge is 0.353 e. The van der Waals surface area contributed by atoms with Crippen molar-refractivity contribution >= 4 is 27.7 Å². The average molecular weight is 447 g/mol. The fourth-order valence-electron chi connectivity index (χ4n) is 3.72. The number of thioether (sulfide) groups is 1. The molecule has 1 aliphatic heterocycles. The van der Waals surface area contributed by atoms with Gasteiger partial charge in [-0.1, -0.05) is 30.3 Å². The van der Waals surface area contributed by atoms with Gasteiger partial charge in [-0.15, -0.1) is 11.8 Å². The normalized spacial score (nSPS) is 16.9. The fourth-order valence-corrected chi connectivity index (χ4v) is 5.59. The van der Waals surface area contributed by atoms with Crippen molar-refractivity contribution in [2.24, 2.45) is 5.92 Å². The molecular formula is C23H30N2O3S2. The van der Waals surface area contributed by atoms with Gasteiger partial charge in [0.2, 0.25) is 15.9 Å². The highest BCUT2D eigenvalue weighted by molar-refractivity contribution is 7.98. The Morgan fingerprint density at radius 2 is 1.73 bits per heavy atom. The van der Waals surface area contributed by atoms with Gasteiger partial charge in [-0.05, 0) is 68.7 Å². The molecule has 1 aliphatic rings. The second-order valence-corrected chi connectivity index (χ2v) is 10.6. The van der Waals surface area contributed by atoms with Crippen LogP contribution in [0.2, 0.25) is 0 Å². The standard InChI is InChI=1S/C23H30N2O3S2/c1-18(8-9-19-6-4-3-5-7-19)24-23(26)20-14-16-25(17-15-20)30(27,28)22-12-10-21(29-2)11-13-22/h3-7,10-13,18,20H,8-9,14-17H2,1-2H3,(H,24,26)/t18-/m0/s1. The van der Waals surface area contributed by atoms with Gasteiger partial charge in [0.1, 0.15) is 0 Å². The maximum Gasteiger partial charge on any atom is 0.243 e. The van der Waals surface area contributed by atoms with Crippen molar-refractivity contribution in [2.75, 3.05) is 19.3 Å². The minimum atomic E-state index is -3.51. The van der Waals surface area contributed by atoms with E-state index in [0.29, 0.717) is 30.8 Å². The molecule has 1 amide bonds. The Morgan fingerprint density at radius 3 is 2.33 bits per heavy atom. The number of nitrogens with one attached hydrogen (secondary N) is 1. The maximum absolute atomic E-state index is 12.9. The highest BCUT2D eigenvalue weighted by Gasteiger charge is 2.32. The molecule has 1 N–H and O–H groups in total. The molecule has 0 spiro atoms. The van der Waals surface area contributed by atoms with Crippen LogP contribution in [0.15, 0.2) is 64.4 Å². The van der Waals surface area contributed by atoms with Crippen molar-refractivity contribution in [3.8, 4) is 0 Å². The molecule has 1 saturated heterocycles. The van der Waals surface area contributed by atoms with Gasteiger partial charge in [-0.3, -0.25) is 4.79 Å². The molecule has 7 heteroatoms. The van der Waals surface area contributed by atoms with Crippen molar-refractivity contribution in [2.45, 2.75) is 48.4 Å². The van der Waals surface area contributed by atoms with Crippen molar-refractivity contribution in [1.29, 1.82) is 0 Å². The summed E-state index contributed by atoms with van der Waals surface area (Å²) in [6, 6.07) is 17.3. The Hall–Kier alpha value is -1.83. The smallest absolute Gasteiger partial charge is 0.243 e. The first-order chi connectivity index (χ1) is 14.4. The number of nitrogens with zero attached hydrogens (tertiary/aromatic N) is 1. The number of hydrogen-bond donors (Lipinski definition) is 1. The van der Waals surface area contributed by atoms with Gasteiger partial charge in [-0.25, -0.2) is 8.42 Å². The number of carbonyl (C=O) groups excluding carboxylic acids is 1. The molecule has 5 nitrogen and oxygen atoms in total. The molecule has 0 aromatic heterocycles. The van der Waals surface area contributed by atoms with E-state index in [1.165, 1.54) is 9.87 Å². The van der Waals surface area contributed by atoms with E-state index in [1.807, 2.05) is 43.5 Å². The monoisotopic (exact) mass is 446 g/mol. The van der Waals surface area contributed by atoms with E-state index in [9.17, 15) is 13.2 Å². The van der Waals surface area contributed by atoms with Crippen LogP contribution in [0, 0.1) is 5.92 Å². The lowest BCUT2D eigenvalue weighted by molar-refractivity contribution is -0.126. The SMILES string of the molecule is CSc1ccc(S(=O)(=O)N2CCC(C(=O)N[C@@H](C)CCc3ccccc3)CC2)cc1. The lowest BCUT2D eigenvalue weighted by atomic mass is 9.96. The first kappa shape index (κ1) is 22.8. The molecule has 0 unspecified atom stereocenters. The minimum absolute atomic E-state index is 0.0388. The molecule has 1 atom stereocenters. The lowest BCUT2D eigenvalue weighted by Gasteiger charge is -2.31. The summed E-state index contributed by atoms with van der Waals surface area (Å²) >= 11 is 1.58. The van der Waals surface area contributed by atoms with Gasteiger partial charge < -0.3 is 5.32 Å². The Morgan fingerprint density at radius 1 is 1.10 bits per heavy atom. The van der Waals surface area contributed by atoms with E-state index in [2.05, 4.69) is 17.4 Å². The molecular weight excluding hydrogens is 416 g/mol.